The monoisotopic (exact) mass is 298 g/mol. The molecule has 0 atom stereocenters. The van der Waals surface area contributed by atoms with Gasteiger partial charge in [-0.2, -0.15) is 0 Å². The average Bonchev–Trinajstić information content (AvgIpc) is 2.44. The van der Waals surface area contributed by atoms with Crippen LogP contribution in [0.4, 0.5) is 5.69 Å². The van der Waals surface area contributed by atoms with Gasteiger partial charge in [-0.15, -0.1) is 0 Å². The SMILES string of the molecule is CS(=O)(=O)CCNCc1ccc(N2CCOCC2)cc1. The highest BCUT2D eigenvalue weighted by Crippen LogP contribution is 2.16. The van der Waals surface area contributed by atoms with Crippen LogP contribution in [0.15, 0.2) is 24.3 Å². The lowest BCUT2D eigenvalue weighted by Crippen LogP contribution is -2.36. The molecule has 112 valence electrons. The normalized spacial score (nSPS) is 16.4. The Labute approximate surface area is 120 Å². The molecular formula is C14H22N2O3S. The van der Waals surface area contributed by atoms with Gasteiger partial charge >= 0.3 is 0 Å². The Balaban J connectivity index is 1.79. The second kappa shape index (κ2) is 7.06. The number of sulfone groups is 1. The van der Waals surface area contributed by atoms with Gasteiger partial charge in [-0.05, 0) is 17.7 Å². The molecule has 6 heteroatoms. The summed E-state index contributed by atoms with van der Waals surface area (Å²) in [6, 6.07) is 8.38. The Morgan fingerprint density at radius 3 is 2.45 bits per heavy atom. The van der Waals surface area contributed by atoms with E-state index < -0.39 is 9.84 Å². The van der Waals surface area contributed by atoms with Crippen LogP contribution in [0.1, 0.15) is 5.56 Å². The van der Waals surface area contributed by atoms with Crippen molar-refractivity contribution in [2.75, 3.05) is 49.8 Å². The minimum Gasteiger partial charge on any atom is -0.378 e. The third kappa shape index (κ3) is 5.11. The van der Waals surface area contributed by atoms with Crippen LogP contribution in [-0.2, 0) is 21.1 Å². The molecule has 0 saturated carbocycles. The van der Waals surface area contributed by atoms with Gasteiger partial charge in [0.25, 0.3) is 0 Å². The van der Waals surface area contributed by atoms with Crippen molar-refractivity contribution in [3.63, 3.8) is 0 Å². The Kier molecular flexibility index (Phi) is 5.39. The number of anilines is 1. The topological polar surface area (TPSA) is 58.6 Å². The van der Waals surface area contributed by atoms with Gasteiger partial charge in [-0.1, -0.05) is 12.1 Å². The van der Waals surface area contributed by atoms with E-state index in [-0.39, 0.29) is 5.75 Å². The standard InChI is InChI=1S/C14H22N2O3S/c1-20(17,18)11-6-15-12-13-2-4-14(5-3-13)16-7-9-19-10-8-16/h2-5,15H,6-12H2,1H3. The molecule has 0 amide bonds. The van der Waals surface area contributed by atoms with Crippen LogP contribution in [0.25, 0.3) is 0 Å². The van der Waals surface area contributed by atoms with Gasteiger partial charge < -0.3 is 15.0 Å². The van der Waals surface area contributed by atoms with Crippen molar-refractivity contribution in [2.24, 2.45) is 0 Å². The number of hydrogen-bond acceptors (Lipinski definition) is 5. The first-order chi connectivity index (χ1) is 9.54. The lowest BCUT2D eigenvalue weighted by Gasteiger charge is -2.28. The zero-order valence-electron chi connectivity index (χ0n) is 11.8. The van der Waals surface area contributed by atoms with Crippen LogP contribution >= 0.6 is 0 Å². The third-order valence-electron chi connectivity index (χ3n) is 3.29. The van der Waals surface area contributed by atoms with Crippen molar-refractivity contribution in [3.05, 3.63) is 29.8 Å². The fourth-order valence-corrected chi connectivity index (χ4v) is 2.65. The highest BCUT2D eigenvalue weighted by Gasteiger charge is 2.10. The van der Waals surface area contributed by atoms with Gasteiger partial charge in [-0.3, -0.25) is 0 Å². The molecule has 1 fully saturated rings. The number of ether oxygens (including phenoxy) is 1. The van der Waals surface area contributed by atoms with Gasteiger partial charge in [0.2, 0.25) is 0 Å². The summed E-state index contributed by atoms with van der Waals surface area (Å²) in [6.07, 6.45) is 1.26. The van der Waals surface area contributed by atoms with Gasteiger partial charge in [0.1, 0.15) is 9.84 Å². The second-order valence-electron chi connectivity index (χ2n) is 5.07. The Morgan fingerprint density at radius 2 is 1.85 bits per heavy atom. The molecule has 2 rings (SSSR count). The molecule has 0 aromatic heterocycles. The highest BCUT2D eigenvalue weighted by atomic mass is 32.2. The molecule has 0 spiro atoms. The van der Waals surface area contributed by atoms with E-state index in [9.17, 15) is 8.42 Å². The predicted octanol–water partition coefficient (Wildman–Crippen LogP) is 0.657. The minimum absolute atomic E-state index is 0.179. The van der Waals surface area contributed by atoms with Crippen molar-refractivity contribution >= 4 is 15.5 Å². The zero-order chi connectivity index (χ0) is 14.4. The number of rotatable bonds is 6. The van der Waals surface area contributed by atoms with E-state index in [1.54, 1.807) is 0 Å². The summed E-state index contributed by atoms with van der Waals surface area (Å²) in [5, 5.41) is 3.14. The molecular weight excluding hydrogens is 276 g/mol. The molecule has 1 heterocycles. The van der Waals surface area contributed by atoms with Crippen molar-refractivity contribution < 1.29 is 13.2 Å². The predicted molar refractivity (Wildman–Crippen MR) is 80.9 cm³/mol. The summed E-state index contributed by atoms with van der Waals surface area (Å²) < 4.78 is 27.4. The summed E-state index contributed by atoms with van der Waals surface area (Å²) >= 11 is 0. The number of benzene rings is 1. The lowest BCUT2D eigenvalue weighted by atomic mass is 10.2. The van der Waals surface area contributed by atoms with E-state index in [1.807, 2.05) is 0 Å². The maximum atomic E-state index is 11.0. The van der Waals surface area contributed by atoms with Crippen molar-refractivity contribution in [2.45, 2.75) is 6.54 Å². The van der Waals surface area contributed by atoms with Gasteiger partial charge in [0, 0.05) is 38.1 Å². The smallest absolute Gasteiger partial charge is 0.148 e. The molecule has 1 aromatic rings. The third-order valence-corrected chi connectivity index (χ3v) is 4.24. The van der Waals surface area contributed by atoms with Crippen LogP contribution in [0.2, 0.25) is 0 Å². The van der Waals surface area contributed by atoms with Gasteiger partial charge in [0.05, 0.1) is 19.0 Å². The second-order valence-corrected chi connectivity index (χ2v) is 7.33. The number of morpholine rings is 1. The summed E-state index contributed by atoms with van der Waals surface area (Å²) in [5.41, 5.74) is 2.38. The molecule has 20 heavy (non-hydrogen) atoms. The molecule has 0 unspecified atom stereocenters. The Morgan fingerprint density at radius 1 is 1.20 bits per heavy atom. The quantitative estimate of drug-likeness (QED) is 0.782. The molecule has 0 radical (unpaired) electrons. The molecule has 5 nitrogen and oxygen atoms in total. The van der Waals surface area contributed by atoms with Crippen LogP contribution in [0.3, 0.4) is 0 Å². The minimum atomic E-state index is -2.88. The zero-order valence-corrected chi connectivity index (χ0v) is 12.7. The van der Waals surface area contributed by atoms with E-state index >= 15 is 0 Å². The first-order valence-electron chi connectivity index (χ1n) is 6.85. The summed E-state index contributed by atoms with van der Waals surface area (Å²) in [7, 11) is -2.88. The largest absolute Gasteiger partial charge is 0.378 e. The molecule has 0 bridgehead atoms. The molecule has 1 aromatic carbocycles. The Bertz CT molecular complexity index is 508. The number of nitrogens with zero attached hydrogens (tertiary/aromatic N) is 1. The van der Waals surface area contributed by atoms with Crippen LogP contribution < -0.4 is 10.2 Å². The van der Waals surface area contributed by atoms with E-state index in [2.05, 4.69) is 34.5 Å². The van der Waals surface area contributed by atoms with E-state index in [0.717, 1.165) is 31.9 Å². The maximum Gasteiger partial charge on any atom is 0.148 e. The summed E-state index contributed by atoms with van der Waals surface area (Å²) in [5.74, 6) is 0.179. The van der Waals surface area contributed by atoms with Crippen LogP contribution in [0, 0.1) is 0 Å². The first kappa shape index (κ1) is 15.3. The number of nitrogens with one attached hydrogen (secondary N) is 1. The summed E-state index contributed by atoms with van der Waals surface area (Å²) in [6.45, 7) is 4.63. The van der Waals surface area contributed by atoms with Crippen molar-refractivity contribution in [3.8, 4) is 0 Å². The fourth-order valence-electron chi connectivity index (χ4n) is 2.14. The van der Waals surface area contributed by atoms with E-state index in [4.69, 9.17) is 4.74 Å². The Hall–Kier alpha value is -1.11. The van der Waals surface area contributed by atoms with Crippen LogP contribution in [-0.4, -0.2) is 53.3 Å². The number of hydrogen-bond donors (Lipinski definition) is 1. The highest BCUT2D eigenvalue weighted by molar-refractivity contribution is 7.90. The average molecular weight is 298 g/mol. The molecule has 1 aliphatic heterocycles. The molecule has 1 saturated heterocycles. The van der Waals surface area contributed by atoms with Crippen molar-refractivity contribution in [1.82, 2.24) is 5.32 Å². The molecule has 1 aliphatic rings. The van der Waals surface area contributed by atoms with Gasteiger partial charge in [-0.25, -0.2) is 8.42 Å². The molecule has 0 aliphatic carbocycles. The van der Waals surface area contributed by atoms with Crippen molar-refractivity contribution in [1.29, 1.82) is 0 Å². The van der Waals surface area contributed by atoms with Gasteiger partial charge in [0.15, 0.2) is 0 Å². The van der Waals surface area contributed by atoms with E-state index in [0.29, 0.717) is 13.1 Å². The van der Waals surface area contributed by atoms with Crippen LogP contribution in [0.5, 0.6) is 0 Å². The molecule has 1 N–H and O–H groups in total. The maximum absolute atomic E-state index is 11.0. The first-order valence-corrected chi connectivity index (χ1v) is 8.91. The fraction of sp³-hybridized carbons (Fsp3) is 0.571. The van der Waals surface area contributed by atoms with E-state index in [1.165, 1.54) is 11.9 Å². The summed E-state index contributed by atoms with van der Waals surface area (Å²) in [4.78, 5) is 2.31. The lowest BCUT2D eigenvalue weighted by molar-refractivity contribution is 0.122.